The molecule has 0 fully saturated rings. The molecule has 1 aromatic heterocycles. The number of amides is 1. The SMILES string of the molecule is Cc1cc2cccnc2cc1C(=O)Nc1cccc(Cl)c1. The van der Waals surface area contributed by atoms with Crippen LogP contribution < -0.4 is 5.32 Å². The largest absolute Gasteiger partial charge is 0.322 e. The molecule has 0 bridgehead atoms. The smallest absolute Gasteiger partial charge is 0.256 e. The van der Waals surface area contributed by atoms with Crippen molar-refractivity contribution in [2.24, 2.45) is 0 Å². The monoisotopic (exact) mass is 296 g/mol. The van der Waals surface area contributed by atoms with Crippen LogP contribution in [0.1, 0.15) is 15.9 Å². The number of anilines is 1. The van der Waals surface area contributed by atoms with E-state index in [9.17, 15) is 4.79 Å². The van der Waals surface area contributed by atoms with E-state index in [0.717, 1.165) is 16.5 Å². The molecule has 0 unspecified atom stereocenters. The predicted octanol–water partition coefficient (Wildman–Crippen LogP) is 4.45. The molecule has 21 heavy (non-hydrogen) atoms. The van der Waals surface area contributed by atoms with Gasteiger partial charge in [0.05, 0.1) is 5.52 Å². The average molecular weight is 297 g/mol. The lowest BCUT2D eigenvalue weighted by Crippen LogP contribution is -2.13. The van der Waals surface area contributed by atoms with Crippen LogP contribution in [0.5, 0.6) is 0 Å². The molecule has 2 aromatic carbocycles. The molecule has 1 N–H and O–H groups in total. The van der Waals surface area contributed by atoms with Gasteiger partial charge in [0.15, 0.2) is 0 Å². The van der Waals surface area contributed by atoms with Crippen molar-refractivity contribution in [2.75, 3.05) is 5.32 Å². The highest BCUT2D eigenvalue weighted by Gasteiger charge is 2.11. The number of aromatic nitrogens is 1. The number of carbonyl (C=O) groups is 1. The summed E-state index contributed by atoms with van der Waals surface area (Å²) >= 11 is 5.92. The highest BCUT2D eigenvalue weighted by Crippen LogP contribution is 2.20. The number of hydrogen-bond acceptors (Lipinski definition) is 2. The Morgan fingerprint density at radius 2 is 2.00 bits per heavy atom. The van der Waals surface area contributed by atoms with E-state index in [1.807, 2.05) is 31.2 Å². The summed E-state index contributed by atoms with van der Waals surface area (Å²) in [7, 11) is 0. The summed E-state index contributed by atoms with van der Waals surface area (Å²) in [4.78, 5) is 16.7. The fourth-order valence-corrected chi connectivity index (χ4v) is 2.43. The lowest BCUT2D eigenvalue weighted by molar-refractivity contribution is 0.102. The van der Waals surface area contributed by atoms with Gasteiger partial charge >= 0.3 is 0 Å². The molecule has 1 amide bonds. The van der Waals surface area contributed by atoms with Gasteiger partial charge in [-0.1, -0.05) is 23.7 Å². The van der Waals surface area contributed by atoms with Crippen LogP contribution in [0.4, 0.5) is 5.69 Å². The van der Waals surface area contributed by atoms with Crippen molar-refractivity contribution in [2.45, 2.75) is 6.92 Å². The lowest BCUT2D eigenvalue weighted by Gasteiger charge is -2.09. The number of benzene rings is 2. The van der Waals surface area contributed by atoms with E-state index in [1.165, 1.54) is 0 Å². The van der Waals surface area contributed by atoms with E-state index in [0.29, 0.717) is 16.3 Å². The van der Waals surface area contributed by atoms with E-state index in [-0.39, 0.29) is 5.91 Å². The Hall–Kier alpha value is -2.39. The summed E-state index contributed by atoms with van der Waals surface area (Å²) in [6, 6.07) is 14.7. The van der Waals surface area contributed by atoms with Crippen LogP contribution in [-0.4, -0.2) is 10.9 Å². The molecule has 0 aliphatic rings. The molecule has 1 heterocycles. The third kappa shape index (κ3) is 2.88. The summed E-state index contributed by atoms with van der Waals surface area (Å²) in [6.07, 6.45) is 1.72. The third-order valence-corrected chi connectivity index (χ3v) is 3.51. The Kier molecular flexibility index (Phi) is 3.59. The van der Waals surface area contributed by atoms with Crippen molar-refractivity contribution in [3.63, 3.8) is 0 Å². The number of hydrogen-bond donors (Lipinski definition) is 1. The van der Waals surface area contributed by atoms with Gasteiger partial charge in [0.1, 0.15) is 0 Å². The van der Waals surface area contributed by atoms with E-state index in [1.54, 1.807) is 30.5 Å². The zero-order chi connectivity index (χ0) is 14.8. The summed E-state index contributed by atoms with van der Waals surface area (Å²) in [5.74, 6) is -0.165. The zero-order valence-electron chi connectivity index (χ0n) is 11.4. The first kappa shape index (κ1) is 13.6. The Morgan fingerprint density at radius 3 is 2.81 bits per heavy atom. The van der Waals surface area contributed by atoms with Crippen LogP contribution >= 0.6 is 11.6 Å². The number of halogens is 1. The molecule has 0 aliphatic heterocycles. The van der Waals surface area contributed by atoms with Crippen LogP contribution in [0.15, 0.2) is 54.7 Å². The van der Waals surface area contributed by atoms with Crippen molar-refractivity contribution in [1.82, 2.24) is 4.98 Å². The predicted molar refractivity (Wildman–Crippen MR) is 85.9 cm³/mol. The van der Waals surface area contributed by atoms with Crippen molar-refractivity contribution in [3.05, 3.63) is 70.9 Å². The second kappa shape index (κ2) is 5.54. The van der Waals surface area contributed by atoms with Crippen molar-refractivity contribution in [1.29, 1.82) is 0 Å². The van der Waals surface area contributed by atoms with Crippen LogP contribution in [0.3, 0.4) is 0 Å². The minimum Gasteiger partial charge on any atom is -0.322 e. The number of fused-ring (bicyclic) bond motifs is 1. The maximum atomic E-state index is 12.4. The Labute approximate surface area is 127 Å². The summed E-state index contributed by atoms with van der Waals surface area (Å²) in [5.41, 5.74) is 3.00. The molecule has 104 valence electrons. The van der Waals surface area contributed by atoms with E-state index in [2.05, 4.69) is 10.3 Å². The molecule has 3 rings (SSSR count). The summed E-state index contributed by atoms with van der Waals surface area (Å²) < 4.78 is 0. The minimum atomic E-state index is -0.165. The van der Waals surface area contributed by atoms with Crippen LogP contribution in [-0.2, 0) is 0 Å². The van der Waals surface area contributed by atoms with Gasteiger partial charge in [-0.3, -0.25) is 9.78 Å². The zero-order valence-corrected chi connectivity index (χ0v) is 12.2. The average Bonchev–Trinajstić information content (AvgIpc) is 2.46. The molecule has 0 saturated heterocycles. The first-order valence-electron chi connectivity index (χ1n) is 6.56. The third-order valence-electron chi connectivity index (χ3n) is 3.28. The van der Waals surface area contributed by atoms with Gasteiger partial charge < -0.3 is 5.32 Å². The fourth-order valence-electron chi connectivity index (χ4n) is 2.24. The topological polar surface area (TPSA) is 42.0 Å². The molecular formula is C17H13ClN2O. The molecule has 0 atom stereocenters. The van der Waals surface area contributed by atoms with Crippen molar-refractivity contribution < 1.29 is 4.79 Å². The van der Waals surface area contributed by atoms with E-state index >= 15 is 0 Å². The van der Waals surface area contributed by atoms with Gasteiger partial charge in [0.25, 0.3) is 5.91 Å². The summed E-state index contributed by atoms with van der Waals surface area (Å²) in [5, 5.41) is 4.46. The number of nitrogens with one attached hydrogen (secondary N) is 1. The molecule has 4 heteroatoms. The number of pyridine rings is 1. The summed E-state index contributed by atoms with van der Waals surface area (Å²) in [6.45, 7) is 1.92. The molecule has 0 spiro atoms. The standard InChI is InChI=1S/C17H13ClN2O/c1-11-8-12-4-3-7-19-16(12)10-15(11)17(21)20-14-6-2-5-13(18)9-14/h2-10H,1H3,(H,20,21). The van der Waals surface area contributed by atoms with Crippen LogP contribution in [0.25, 0.3) is 10.9 Å². The highest BCUT2D eigenvalue weighted by atomic mass is 35.5. The highest BCUT2D eigenvalue weighted by molar-refractivity contribution is 6.31. The maximum Gasteiger partial charge on any atom is 0.256 e. The second-order valence-electron chi connectivity index (χ2n) is 4.83. The Balaban J connectivity index is 1.96. The van der Waals surface area contributed by atoms with Crippen LogP contribution in [0.2, 0.25) is 5.02 Å². The van der Waals surface area contributed by atoms with E-state index < -0.39 is 0 Å². The molecule has 0 saturated carbocycles. The van der Waals surface area contributed by atoms with E-state index in [4.69, 9.17) is 11.6 Å². The normalized spacial score (nSPS) is 10.6. The molecule has 3 aromatic rings. The Bertz CT molecular complexity index is 830. The fraction of sp³-hybridized carbons (Fsp3) is 0.0588. The van der Waals surface area contributed by atoms with Gasteiger partial charge in [-0.25, -0.2) is 0 Å². The number of carbonyl (C=O) groups excluding carboxylic acids is 1. The molecule has 3 nitrogen and oxygen atoms in total. The molecule has 0 radical (unpaired) electrons. The Morgan fingerprint density at radius 1 is 1.14 bits per heavy atom. The maximum absolute atomic E-state index is 12.4. The van der Waals surface area contributed by atoms with Crippen molar-refractivity contribution >= 4 is 34.1 Å². The van der Waals surface area contributed by atoms with Crippen LogP contribution in [0, 0.1) is 6.92 Å². The number of nitrogens with zero attached hydrogens (tertiary/aromatic N) is 1. The van der Waals surface area contributed by atoms with Gasteiger partial charge in [0, 0.05) is 27.9 Å². The first-order chi connectivity index (χ1) is 10.1. The lowest BCUT2D eigenvalue weighted by atomic mass is 10.0. The van der Waals surface area contributed by atoms with Gasteiger partial charge in [0.2, 0.25) is 0 Å². The second-order valence-corrected chi connectivity index (χ2v) is 5.26. The molecule has 0 aliphatic carbocycles. The van der Waals surface area contributed by atoms with Gasteiger partial charge in [-0.15, -0.1) is 0 Å². The van der Waals surface area contributed by atoms with Gasteiger partial charge in [-0.05, 0) is 48.9 Å². The minimum absolute atomic E-state index is 0.165. The quantitative estimate of drug-likeness (QED) is 0.759. The first-order valence-corrected chi connectivity index (χ1v) is 6.93. The molecular weight excluding hydrogens is 284 g/mol. The number of aryl methyl sites for hydroxylation is 1. The number of rotatable bonds is 2. The van der Waals surface area contributed by atoms with Gasteiger partial charge in [-0.2, -0.15) is 0 Å². The van der Waals surface area contributed by atoms with Crippen molar-refractivity contribution in [3.8, 4) is 0 Å².